The monoisotopic (exact) mass is 310 g/mol. The minimum atomic E-state index is -0.439. The summed E-state index contributed by atoms with van der Waals surface area (Å²) in [4.78, 5) is 17.9. The van der Waals surface area contributed by atoms with E-state index in [1.54, 1.807) is 0 Å². The molecule has 0 spiro atoms. The first-order valence-electron chi connectivity index (χ1n) is 7.90. The molecule has 1 aromatic heterocycles. The molecule has 1 N–H and O–H groups in total. The molecule has 1 amide bonds. The first kappa shape index (κ1) is 16.7. The van der Waals surface area contributed by atoms with Crippen LogP contribution in [0.3, 0.4) is 0 Å². The molecule has 124 valence electrons. The summed E-state index contributed by atoms with van der Waals surface area (Å²) in [6.07, 6.45) is 4.87. The maximum atomic E-state index is 12.1. The molecule has 0 aliphatic carbocycles. The third kappa shape index (κ3) is 5.63. The number of amides is 1. The van der Waals surface area contributed by atoms with Crippen LogP contribution < -0.4 is 5.32 Å². The molecule has 1 unspecified atom stereocenters. The van der Waals surface area contributed by atoms with E-state index in [-0.39, 0.29) is 6.09 Å². The summed E-state index contributed by atoms with van der Waals surface area (Å²) < 4.78 is 10.1. The lowest BCUT2D eigenvalue weighted by Crippen LogP contribution is -2.38. The quantitative estimate of drug-likeness (QED) is 0.916. The van der Waals surface area contributed by atoms with Crippen molar-refractivity contribution in [3.8, 4) is 0 Å². The zero-order chi connectivity index (χ0) is 16.0. The molecule has 7 nitrogen and oxygen atoms in total. The van der Waals surface area contributed by atoms with Crippen LogP contribution in [0.1, 0.15) is 45.9 Å². The summed E-state index contributed by atoms with van der Waals surface area (Å²) in [7, 11) is 0. The van der Waals surface area contributed by atoms with E-state index in [0.717, 1.165) is 51.1 Å². The van der Waals surface area contributed by atoms with Crippen molar-refractivity contribution in [2.45, 2.75) is 58.1 Å². The van der Waals surface area contributed by atoms with Gasteiger partial charge in [0, 0.05) is 32.1 Å². The predicted molar refractivity (Wildman–Crippen MR) is 81.5 cm³/mol. The third-order valence-corrected chi connectivity index (χ3v) is 3.57. The number of nitrogens with zero attached hydrogens (tertiary/aromatic N) is 3. The second-order valence-corrected chi connectivity index (χ2v) is 6.65. The van der Waals surface area contributed by atoms with Crippen molar-refractivity contribution < 1.29 is 14.1 Å². The fourth-order valence-corrected chi connectivity index (χ4v) is 2.50. The normalized spacial score (nSPS) is 19.8. The van der Waals surface area contributed by atoms with E-state index < -0.39 is 5.60 Å². The van der Waals surface area contributed by atoms with Gasteiger partial charge in [-0.1, -0.05) is 5.16 Å². The maximum absolute atomic E-state index is 12.1. The molecule has 0 bridgehead atoms. The van der Waals surface area contributed by atoms with Crippen LogP contribution in [0.25, 0.3) is 0 Å². The van der Waals surface area contributed by atoms with Crippen LogP contribution in [0, 0.1) is 0 Å². The maximum Gasteiger partial charge on any atom is 0.410 e. The van der Waals surface area contributed by atoms with Gasteiger partial charge in [-0.05, 0) is 40.0 Å². The Morgan fingerprint density at radius 3 is 2.95 bits per heavy atom. The van der Waals surface area contributed by atoms with Gasteiger partial charge in [0.25, 0.3) is 0 Å². The van der Waals surface area contributed by atoms with Crippen molar-refractivity contribution in [2.75, 3.05) is 19.6 Å². The largest absolute Gasteiger partial charge is 0.444 e. The number of carbonyl (C=O) groups is 1. The highest BCUT2D eigenvalue weighted by Crippen LogP contribution is 2.15. The number of hydrogen-bond acceptors (Lipinski definition) is 6. The van der Waals surface area contributed by atoms with Gasteiger partial charge in [-0.2, -0.15) is 4.98 Å². The molecule has 22 heavy (non-hydrogen) atoms. The van der Waals surface area contributed by atoms with Gasteiger partial charge in [-0.15, -0.1) is 0 Å². The highest BCUT2D eigenvalue weighted by Gasteiger charge is 2.24. The lowest BCUT2D eigenvalue weighted by Gasteiger charge is -2.26. The standard InChI is InChI=1S/C15H26N4O3/c1-15(2,3)22-14(20)19-9-4-5-12(7-10-19)16-8-6-13-17-11-21-18-13/h11-12,16H,4-10H2,1-3H3. The predicted octanol–water partition coefficient (Wildman–Crippen LogP) is 1.99. The summed E-state index contributed by atoms with van der Waals surface area (Å²) in [6.45, 7) is 7.99. The van der Waals surface area contributed by atoms with Crippen molar-refractivity contribution in [1.29, 1.82) is 0 Å². The Balaban J connectivity index is 1.71. The van der Waals surface area contributed by atoms with Crippen LogP contribution in [0.2, 0.25) is 0 Å². The third-order valence-electron chi connectivity index (χ3n) is 3.57. The van der Waals surface area contributed by atoms with E-state index in [1.807, 2.05) is 25.7 Å². The van der Waals surface area contributed by atoms with E-state index in [2.05, 4.69) is 15.5 Å². The Bertz CT molecular complexity index is 456. The molecule has 0 aromatic carbocycles. The summed E-state index contributed by atoms with van der Waals surface area (Å²) in [5, 5.41) is 7.30. The Hall–Kier alpha value is -1.63. The van der Waals surface area contributed by atoms with Gasteiger partial charge in [-0.3, -0.25) is 0 Å². The summed E-state index contributed by atoms with van der Waals surface area (Å²) in [5.41, 5.74) is -0.439. The molecular weight excluding hydrogens is 284 g/mol. The van der Waals surface area contributed by atoms with Crippen molar-refractivity contribution in [3.63, 3.8) is 0 Å². The summed E-state index contributed by atoms with van der Waals surface area (Å²) in [5.74, 6) is 0.719. The Labute approximate surface area is 131 Å². The van der Waals surface area contributed by atoms with Gasteiger partial charge in [0.05, 0.1) is 0 Å². The zero-order valence-electron chi connectivity index (χ0n) is 13.7. The number of carbonyl (C=O) groups excluding carboxylic acids is 1. The smallest absolute Gasteiger partial charge is 0.410 e. The van der Waals surface area contributed by atoms with Crippen molar-refractivity contribution in [1.82, 2.24) is 20.4 Å². The first-order valence-corrected chi connectivity index (χ1v) is 7.90. The van der Waals surface area contributed by atoms with Gasteiger partial charge in [-0.25, -0.2) is 4.79 Å². The van der Waals surface area contributed by atoms with Gasteiger partial charge in [0.2, 0.25) is 6.39 Å². The van der Waals surface area contributed by atoms with Crippen LogP contribution >= 0.6 is 0 Å². The minimum Gasteiger partial charge on any atom is -0.444 e. The average Bonchev–Trinajstić information content (AvgIpc) is 2.81. The van der Waals surface area contributed by atoms with Crippen LogP contribution in [0.15, 0.2) is 10.9 Å². The van der Waals surface area contributed by atoms with E-state index in [1.165, 1.54) is 6.39 Å². The molecule has 1 fully saturated rings. The second kappa shape index (κ2) is 7.58. The van der Waals surface area contributed by atoms with Crippen LogP contribution in [-0.2, 0) is 11.2 Å². The number of ether oxygens (including phenoxy) is 1. The number of aromatic nitrogens is 2. The van der Waals surface area contributed by atoms with E-state index in [4.69, 9.17) is 9.26 Å². The summed E-state index contributed by atoms with van der Waals surface area (Å²) >= 11 is 0. The molecule has 2 rings (SSSR count). The average molecular weight is 310 g/mol. The highest BCUT2D eigenvalue weighted by atomic mass is 16.6. The van der Waals surface area contributed by atoms with Crippen molar-refractivity contribution >= 4 is 6.09 Å². The Kier molecular flexibility index (Phi) is 5.76. The van der Waals surface area contributed by atoms with E-state index in [9.17, 15) is 4.79 Å². The molecule has 1 aliphatic heterocycles. The minimum absolute atomic E-state index is 0.208. The summed E-state index contributed by atoms with van der Waals surface area (Å²) in [6, 6.07) is 0.416. The fraction of sp³-hybridized carbons (Fsp3) is 0.800. The van der Waals surface area contributed by atoms with Crippen LogP contribution in [0.5, 0.6) is 0 Å². The van der Waals surface area contributed by atoms with Gasteiger partial charge < -0.3 is 19.5 Å². The van der Waals surface area contributed by atoms with E-state index in [0.29, 0.717) is 6.04 Å². The molecule has 0 saturated carbocycles. The van der Waals surface area contributed by atoms with Crippen molar-refractivity contribution in [3.05, 3.63) is 12.2 Å². The lowest BCUT2D eigenvalue weighted by molar-refractivity contribution is 0.0256. The second-order valence-electron chi connectivity index (χ2n) is 6.65. The number of likely N-dealkylation sites (tertiary alicyclic amines) is 1. The van der Waals surface area contributed by atoms with Gasteiger partial charge in [0.1, 0.15) is 5.60 Å². The van der Waals surface area contributed by atoms with Crippen molar-refractivity contribution in [2.24, 2.45) is 0 Å². The van der Waals surface area contributed by atoms with Crippen LogP contribution in [0.4, 0.5) is 4.79 Å². The lowest BCUT2D eigenvalue weighted by atomic mass is 10.1. The molecule has 0 radical (unpaired) electrons. The molecule has 7 heteroatoms. The molecule has 2 heterocycles. The fourth-order valence-electron chi connectivity index (χ4n) is 2.50. The topological polar surface area (TPSA) is 80.5 Å². The molecule has 1 atom stereocenters. The van der Waals surface area contributed by atoms with Gasteiger partial charge >= 0.3 is 6.09 Å². The molecule has 1 saturated heterocycles. The first-order chi connectivity index (χ1) is 10.4. The molecule has 1 aliphatic rings. The Morgan fingerprint density at radius 2 is 2.27 bits per heavy atom. The number of rotatable bonds is 4. The van der Waals surface area contributed by atoms with Gasteiger partial charge in [0.15, 0.2) is 5.82 Å². The van der Waals surface area contributed by atoms with Crippen LogP contribution in [-0.4, -0.2) is 52.4 Å². The number of hydrogen-bond donors (Lipinski definition) is 1. The number of nitrogens with one attached hydrogen (secondary N) is 1. The Morgan fingerprint density at radius 1 is 1.45 bits per heavy atom. The highest BCUT2D eigenvalue weighted by molar-refractivity contribution is 5.68. The molecule has 1 aromatic rings. The van der Waals surface area contributed by atoms with E-state index >= 15 is 0 Å². The zero-order valence-corrected chi connectivity index (χ0v) is 13.7. The molecular formula is C15H26N4O3. The SMILES string of the molecule is CC(C)(C)OC(=O)N1CCCC(NCCc2ncon2)CC1.